The number of likely N-dealkylation sites (tertiary alicyclic amines) is 1. The molecule has 1 aromatic rings. The first-order valence-electron chi connectivity index (χ1n) is 12.2. The number of aliphatic hydroxyl groups excluding tert-OH is 1. The quantitative estimate of drug-likeness (QED) is 0.234. The number of halogens is 3. The fourth-order valence-corrected chi connectivity index (χ4v) is 4.12. The minimum Gasteiger partial charge on any atom is -0.406 e. The van der Waals surface area contributed by atoms with Crippen LogP contribution in [-0.4, -0.2) is 40.6 Å². The monoisotopic (exact) mass is 507 g/mol. The summed E-state index contributed by atoms with van der Waals surface area (Å²) in [6.45, 7) is 10.0. The lowest BCUT2D eigenvalue weighted by Gasteiger charge is -2.28. The lowest BCUT2D eigenvalue weighted by molar-refractivity contribution is -0.274. The molecule has 0 aliphatic carbocycles. The van der Waals surface area contributed by atoms with E-state index in [0.717, 1.165) is 18.4 Å². The number of benzene rings is 1. The molecule has 0 spiro atoms. The molecule has 1 aliphatic heterocycles. The SMILES string of the molecule is C\C=C/C(=C(C(=N)C(CC)CC)\C(Nc1ccc(OC(F)(F)F)cc1)=C(\C)CC)N1CCC(O)C1=O. The van der Waals surface area contributed by atoms with Gasteiger partial charge in [0.1, 0.15) is 11.9 Å². The maximum absolute atomic E-state index is 12.8. The number of ether oxygens (including phenoxy) is 1. The lowest BCUT2D eigenvalue weighted by Crippen LogP contribution is -2.32. The third-order valence-electron chi connectivity index (χ3n) is 6.28. The van der Waals surface area contributed by atoms with E-state index in [-0.39, 0.29) is 11.7 Å². The Balaban J connectivity index is 2.69. The van der Waals surface area contributed by atoms with Crippen molar-refractivity contribution >= 4 is 17.3 Å². The van der Waals surface area contributed by atoms with Crippen molar-refractivity contribution in [2.75, 3.05) is 11.9 Å². The van der Waals surface area contributed by atoms with Gasteiger partial charge in [0.2, 0.25) is 0 Å². The van der Waals surface area contributed by atoms with Crippen LogP contribution in [0.4, 0.5) is 18.9 Å². The second-order valence-electron chi connectivity index (χ2n) is 8.69. The summed E-state index contributed by atoms with van der Waals surface area (Å²) in [5, 5.41) is 22.6. The third kappa shape index (κ3) is 7.22. The van der Waals surface area contributed by atoms with Crippen LogP contribution in [0, 0.1) is 11.3 Å². The summed E-state index contributed by atoms with van der Waals surface area (Å²) in [6.07, 6.45) is 0.0574. The number of aliphatic hydroxyl groups is 1. The van der Waals surface area contributed by atoms with E-state index in [2.05, 4.69) is 10.1 Å². The number of alkyl halides is 3. The number of hydrogen-bond donors (Lipinski definition) is 3. The first-order chi connectivity index (χ1) is 17.0. The zero-order chi connectivity index (χ0) is 27.0. The van der Waals surface area contributed by atoms with Gasteiger partial charge in [-0.05, 0) is 69.0 Å². The maximum atomic E-state index is 12.8. The van der Waals surface area contributed by atoms with E-state index in [4.69, 9.17) is 0 Å². The molecule has 0 aromatic heterocycles. The Kier molecular flexibility index (Phi) is 10.3. The van der Waals surface area contributed by atoms with Crippen molar-refractivity contribution in [2.45, 2.75) is 72.8 Å². The molecule has 1 heterocycles. The highest BCUT2D eigenvalue weighted by Gasteiger charge is 2.35. The van der Waals surface area contributed by atoms with Crippen LogP contribution in [0.1, 0.15) is 60.3 Å². The smallest absolute Gasteiger partial charge is 0.406 e. The van der Waals surface area contributed by atoms with Crippen LogP contribution in [0.5, 0.6) is 5.75 Å². The van der Waals surface area contributed by atoms with Gasteiger partial charge >= 0.3 is 6.36 Å². The second-order valence-corrected chi connectivity index (χ2v) is 8.69. The van der Waals surface area contributed by atoms with Crippen LogP contribution in [0.25, 0.3) is 0 Å². The van der Waals surface area contributed by atoms with Gasteiger partial charge in [0.25, 0.3) is 5.91 Å². The molecule has 1 aliphatic rings. The molecule has 1 aromatic carbocycles. The Morgan fingerprint density at radius 1 is 1.25 bits per heavy atom. The van der Waals surface area contributed by atoms with Crippen LogP contribution in [0.3, 0.4) is 0 Å². The molecule has 1 saturated heterocycles. The fraction of sp³-hybridized carbons (Fsp3) is 0.481. The summed E-state index contributed by atoms with van der Waals surface area (Å²) in [4.78, 5) is 14.3. The number of hydrogen-bond acceptors (Lipinski definition) is 5. The number of anilines is 1. The van der Waals surface area contributed by atoms with Crippen molar-refractivity contribution in [1.82, 2.24) is 4.90 Å². The predicted octanol–water partition coefficient (Wildman–Crippen LogP) is 6.56. The molecule has 1 atom stereocenters. The van der Waals surface area contributed by atoms with E-state index in [1.165, 1.54) is 29.2 Å². The van der Waals surface area contributed by atoms with Gasteiger partial charge in [0.15, 0.2) is 0 Å². The summed E-state index contributed by atoms with van der Waals surface area (Å²) in [5.41, 5.74) is 3.44. The topological polar surface area (TPSA) is 85.7 Å². The minimum absolute atomic E-state index is 0.0769. The Bertz CT molecular complexity index is 1020. The van der Waals surface area contributed by atoms with Crippen molar-refractivity contribution in [3.8, 4) is 5.75 Å². The zero-order valence-electron chi connectivity index (χ0n) is 21.5. The molecule has 0 saturated carbocycles. The Morgan fingerprint density at radius 3 is 2.31 bits per heavy atom. The van der Waals surface area contributed by atoms with Crippen molar-refractivity contribution in [2.24, 2.45) is 5.92 Å². The number of carbonyl (C=O) groups excluding carboxylic acids is 1. The molecule has 36 heavy (non-hydrogen) atoms. The number of nitrogens with zero attached hydrogens (tertiary/aromatic N) is 1. The number of carbonyl (C=O) groups is 1. The maximum Gasteiger partial charge on any atom is 0.573 e. The largest absolute Gasteiger partial charge is 0.573 e. The normalized spacial score (nSPS) is 18.0. The van der Waals surface area contributed by atoms with Gasteiger partial charge in [-0.2, -0.15) is 0 Å². The predicted molar refractivity (Wildman–Crippen MR) is 136 cm³/mol. The molecule has 1 amide bonds. The second kappa shape index (κ2) is 12.8. The highest BCUT2D eigenvalue weighted by molar-refractivity contribution is 6.06. The Labute approximate surface area is 211 Å². The number of rotatable bonds is 11. The molecule has 2 rings (SSSR count). The molecule has 198 valence electrons. The molecule has 1 fully saturated rings. The highest BCUT2D eigenvalue weighted by atomic mass is 19.4. The van der Waals surface area contributed by atoms with Crippen LogP contribution in [-0.2, 0) is 4.79 Å². The summed E-state index contributed by atoms with van der Waals surface area (Å²) in [6, 6.07) is 5.39. The van der Waals surface area contributed by atoms with Gasteiger partial charge in [-0.3, -0.25) is 4.79 Å². The van der Waals surface area contributed by atoms with Crippen molar-refractivity contribution in [3.63, 3.8) is 0 Å². The molecule has 1 unspecified atom stereocenters. The highest BCUT2D eigenvalue weighted by Crippen LogP contribution is 2.33. The van der Waals surface area contributed by atoms with E-state index in [1.807, 2.05) is 34.6 Å². The molecule has 9 heteroatoms. The van der Waals surface area contributed by atoms with Crippen molar-refractivity contribution in [3.05, 3.63) is 59.0 Å². The van der Waals surface area contributed by atoms with E-state index in [1.54, 1.807) is 12.2 Å². The first kappa shape index (κ1) is 29.2. The first-order valence-corrected chi connectivity index (χ1v) is 12.2. The minimum atomic E-state index is -4.78. The van der Waals surface area contributed by atoms with E-state index < -0.39 is 18.4 Å². The molecular formula is C27H36F3N3O3. The van der Waals surface area contributed by atoms with Gasteiger partial charge in [0, 0.05) is 41.6 Å². The van der Waals surface area contributed by atoms with E-state index in [0.29, 0.717) is 47.8 Å². The number of allylic oxidation sites excluding steroid dienone is 4. The average Bonchev–Trinajstić information content (AvgIpc) is 3.16. The van der Waals surface area contributed by atoms with E-state index in [9.17, 15) is 28.5 Å². The Hall–Kier alpha value is -3.07. The van der Waals surface area contributed by atoms with Crippen LogP contribution in [0.15, 0.2) is 59.0 Å². The summed E-state index contributed by atoms with van der Waals surface area (Å²) in [5.74, 6) is -0.829. The van der Waals surface area contributed by atoms with Gasteiger partial charge in [-0.15, -0.1) is 13.2 Å². The molecule has 0 radical (unpaired) electrons. The fourth-order valence-electron chi connectivity index (χ4n) is 4.12. The standard InChI is InChI=1S/C27H36F3N3O3/c1-6-10-21(33-16-15-22(34)26(33)35)23(24(31)18(8-3)9-4)25(17(5)7-2)32-19-11-13-20(14-12-19)36-27(28,29)30/h6,10-14,18,22,31-32,34H,7-9,15-16H2,1-5H3/b10-6-,23-21+,25-17+,31-24?. The summed E-state index contributed by atoms with van der Waals surface area (Å²) in [7, 11) is 0. The molecule has 3 N–H and O–H groups in total. The molecule has 6 nitrogen and oxygen atoms in total. The molecular weight excluding hydrogens is 471 g/mol. The van der Waals surface area contributed by atoms with Crippen molar-refractivity contribution in [1.29, 1.82) is 5.41 Å². The number of amides is 1. The third-order valence-corrected chi connectivity index (χ3v) is 6.28. The molecule has 0 bridgehead atoms. The van der Waals surface area contributed by atoms with Crippen LogP contribution >= 0.6 is 0 Å². The van der Waals surface area contributed by atoms with Gasteiger partial charge in [-0.1, -0.05) is 26.8 Å². The summed E-state index contributed by atoms with van der Waals surface area (Å²) < 4.78 is 41.7. The van der Waals surface area contributed by atoms with E-state index >= 15 is 0 Å². The average molecular weight is 508 g/mol. The van der Waals surface area contributed by atoms with Gasteiger partial charge in [-0.25, -0.2) is 0 Å². The van der Waals surface area contributed by atoms with Crippen molar-refractivity contribution < 1.29 is 27.8 Å². The zero-order valence-corrected chi connectivity index (χ0v) is 21.5. The van der Waals surface area contributed by atoms with Crippen LogP contribution in [0.2, 0.25) is 0 Å². The van der Waals surface area contributed by atoms with Crippen LogP contribution < -0.4 is 10.1 Å². The van der Waals surface area contributed by atoms with Gasteiger partial charge < -0.3 is 25.5 Å². The lowest BCUT2D eigenvalue weighted by atomic mass is 9.87. The Morgan fingerprint density at radius 2 is 1.86 bits per heavy atom. The van der Waals surface area contributed by atoms with Gasteiger partial charge in [0.05, 0.1) is 5.70 Å². The summed E-state index contributed by atoms with van der Waals surface area (Å²) >= 11 is 0. The number of nitrogens with one attached hydrogen (secondary N) is 2.